The van der Waals surface area contributed by atoms with Gasteiger partial charge >= 0.3 is 0 Å². The number of nitrogens with zero attached hydrogens (tertiary/aromatic N) is 1. The van der Waals surface area contributed by atoms with E-state index in [0.717, 1.165) is 12.0 Å². The third-order valence-corrected chi connectivity index (χ3v) is 3.70. The molecule has 2 heterocycles. The maximum atomic E-state index is 12.6. The van der Waals surface area contributed by atoms with Crippen LogP contribution in [0.3, 0.4) is 0 Å². The van der Waals surface area contributed by atoms with Crippen molar-refractivity contribution in [2.75, 3.05) is 26.3 Å². The largest absolute Gasteiger partial charge is 0.489 e. The Morgan fingerprint density at radius 2 is 2.11 bits per heavy atom. The van der Waals surface area contributed by atoms with Crippen molar-refractivity contribution in [3.8, 4) is 5.75 Å². The molecule has 0 spiro atoms. The Morgan fingerprint density at radius 1 is 1.37 bits per heavy atom. The minimum absolute atomic E-state index is 0.0175. The van der Waals surface area contributed by atoms with Gasteiger partial charge in [-0.3, -0.25) is 4.79 Å². The van der Waals surface area contributed by atoms with Gasteiger partial charge in [-0.15, -0.1) is 0 Å². The van der Waals surface area contributed by atoms with Crippen LogP contribution in [0.2, 0.25) is 5.02 Å². The van der Waals surface area contributed by atoms with E-state index in [9.17, 15) is 4.79 Å². The molecule has 0 radical (unpaired) electrons. The van der Waals surface area contributed by atoms with Crippen molar-refractivity contribution < 1.29 is 14.3 Å². The molecule has 102 valence electrons. The van der Waals surface area contributed by atoms with E-state index < -0.39 is 0 Å². The van der Waals surface area contributed by atoms with Gasteiger partial charge in [-0.1, -0.05) is 11.6 Å². The molecule has 1 atom stereocenters. The second kappa shape index (κ2) is 5.02. The lowest BCUT2D eigenvalue weighted by Gasteiger charge is -2.27. The first kappa shape index (κ1) is 12.8. The summed E-state index contributed by atoms with van der Waals surface area (Å²) in [6, 6.07) is 3.59. The molecule has 1 saturated heterocycles. The van der Waals surface area contributed by atoms with Crippen LogP contribution in [-0.4, -0.2) is 43.2 Å². The van der Waals surface area contributed by atoms with Crippen molar-refractivity contribution in [3.05, 3.63) is 28.3 Å². The van der Waals surface area contributed by atoms with E-state index in [-0.39, 0.29) is 12.0 Å². The number of hydrogen-bond acceptors (Lipinski definition) is 3. The number of rotatable bonds is 1. The zero-order valence-corrected chi connectivity index (χ0v) is 11.6. The zero-order chi connectivity index (χ0) is 13.4. The van der Waals surface area contributed by atoms with E-state index in [1.807, 2.05) is 13.0 Å². The molecule has 0 aliphatic carbocycles. The van der Waals surface area contributed by atoms with Crippen LogP contribution in [0.1, 0.15) is 22.8 Å². The summed E-state index contributed by atoms with van der Waals surface area (Å²) in [5, 5.41) is 0.591. The highest BCUT2D eigenvalue weighted by Gasteiger charge is 2.28. The molecule has 0 saturated carbocycles. The normalized spacial score (nSPS) is 22.0. The van der Waals surface area contributed by atoms with Crippen molar-refractivity contribution in [1.29, 1.82) is 0 Å². The molecular weight excluding hydrogens is 266 g/mol. The molecule has 0 aromatic heterocycles. The molecular formula is C14H16ClNO3. The topological polar surface area (TPSA) is 38.8 Å². The minimum atomic E-state index is -0.0175. The van der Waals surface area contributed by atoms with Gasteiger partial charge < -0.3 is 14.4 Å². The van der Waals surface area contributed by atoms with Crippen molar-refractivity contribution in [3.63, 3.8) is 0 Å². The van der Waals surface area contributed by atoms with Crippen LogP contribution in [0, 0.1) is 0 Å². The summed E-state index contributed by atoms with van der Waals surface area (Å²) in [6.45, 7) is 4.42. The lowest BCUT2D eigenvalue weighted by Crippen LogP contribution is -2.40. The minimum Gasteiger partial charge on any atom is -0.489 e. The number of carbonyl (C=O) groups excluding carboxylic acids is 1. The smallest absolute Gasteiger partial charge is 0.257 e. The summed E-state index contributed by atoms with van der Waals surface area (Å²) in [5.74, 6) is 0.685. The number of amides is 1. The van der Waals surface area contributed by atoms with E-state index in [2.05, 4.69) is 0 Å². The highest BCUT2D eigenvalue weighted by molar-refractivity contribution is 6.31. The molecule has 2 aliphatic rings. The molecule has 2 aliphatic heterocycles. The maximum absolute atomic E-state index is 12.6. The molecule has 1 aromatic carbocycles. The van der Waals surface area contributed by atoms with Gasteiger partial charge in [0.25, 0.3) is 5.91 Å². The number of halogens is 1. The first-order valence-corrected chi connectivity index (χ1v) is 6.89. The van der Waals surface area contributed by atoms with Gasteiger partial charge in [-0.2, -0.15) is 0 Å². The summed E-state index contributed by atoms with van der Waals surface area (Å²) in [5.41, 5.74) is 1.60. The lowest BCUT2D eigenvalue weighted by molar-refractivity contribution is 0.0300. The van der Waals surface area contributed by atoms with Gasteiger partial charge in [0.1, 0.15) is 11.9 Å². The van der Waals surface area contributed by atoms with Gasteiger partial charge in [0, 0.05) is 30.1 Å². The van der Waals surface area contributed by atoms with Crippen LogP contribution in [0.5, 0.6) is 5.75 Å². The van der Waals surface area contributed by atoms with E-state index in [1.165, 1.54) is 0 Å². The SMILES string of the molecule is C[C@@H]1Cc2cc(Cl)cc(C(=O)N3CCOCC3)c2O1. The fourth-order valence-electron chi connectivity index (χ4n) is 2.59. The van der Waals surface area contributed by atoms with Crippen LogP contribution in [0.15, 0.2) is 12.1 Å². The van der Waals surface area contributed by atoms with Gasteiger partial charge in [-0.05, 0) is 19.1 Å². The Morgan fingerprint density at radius 3 is 2.84 bits per heavy atom. The fraction of sp³-hybridized carbons (Fsp3) is 0.500. The van der Waals surface area contributed by atoms with Crippen molar-refractivity contribution in [2.45, 2.75) is 19.4 Å². The highest BCUT2D eigenvalue weighted by Crippen LogP contribution is 2.36. The predicted molar refractivity (Wildman–Crippen MR) is 72.0 cm³/mol. The van der Waals surface area contributed by atoms with E-state index in [0.29, 0.717) is 42.6 Å². The van der Waals surface area contributed by atoms with Crippen LogP contribution in [0.4, 0.5) is 0 Å². The Labute approximate surface area is 117 Å². The van der Waals surface area contributed by atoms with Crippen molar-refractivity contribution in [1.82, 2.24) is 4.90 Å². The molecule has 1 amide bonds. The molecule has 0 bridgehead atoms. The summed E-state index contributed by atoms with van der Waals surface area (Å²) in [7, 11) is 0. The quantitative estimate of drug-likeness (QED) is 0.792. The van der Waals surface area contributed by atoms with Gasteiger partial charge in [0.2, 0.25) is 0 Å². The van der Waals surface area contributed by atoms with E-state index in [4.69, 9.17) is 21.1 Å². The molecule has 0 unspecified atom stereocenters. The number of morpholine rings is 1. The fourth-order valence-corrected chi connectivity index (χ4v) is 2.83. The maximum Gasteiger partial charge on any atom is 0.257 e. The van der Waals surface area contributed by atoms with Crippen molar-refractivity contribution in [2.24, 2.45) is 0 Å². The van der Waals surface area contributed by atoms with Crippen LogP contribution >= 0.6 is 11.6 Å². The molecule has 4 nitrogen and oxygen atoms in total. The molecule has 3 rings (SSSR count). The Kier molecular flexibility index (Phi) is 3.37. The number of ether oxygens (including phenoxy) is 2. The second-order valence-corrected chi connectivity index (χ2v) is 5.42. The van der Waals surface area contributed by atoms with Crippen LogP contribution < -0.4 is 4.74 Å². The average molecular weight is 282 g/mol. The number of fused-ring (bicyclic) bond motifs is 1. The molecule has 19 heavy (non-hydrogen) atoms. The van der Waals surface area contributed by atoms with Crippen molar-refractivity contribution >= 4 is 17.5 Å². The third kappa shape index (κ3) is 2.42. The summed E-state index contributed by atoms with van der Waals surface area (Å²) in [4.78, 5) is 14.3. The Hall–Kier alpha value is -1.26. The van der Waals surface area contributed by atoms with Crippen LogP contribution in [0.25, 0.3) is 0 Å². The Bertz CT molecular complexity index is 512. The molecule has 0 N–H and O–H groups in total. The number of benzene rings is 1. The number of carbonyl (C=O) groups is 1. The average Bonchev–Trinajstić information content (AvgIpc) is 2.78. The standard InChI is InChI=1S/C14H16ClNO3/c1-9-6-10-7-11(15)8-12(13(10)19-9)14(17)16-2-4-18-5-3-16/h7-9H,2-6H2,1H3/t9-/m1/s1. The van der Waals surface area contributed by atoms with E-state index >= 15 is 0 Å². The van der Waals surface area contributed by atoms with Crippen LogP contribution in [-0.2, 0) is 11.2 Å². The summed E-state index contributed by atoms with van der Waals surface area (Å²) >= 11 is 6.11. The van der Waals surface area contributed by atoms with Gasteiger partial charge in [-0.25, -0.2) is 0 Å². The third-order valence-electron chi connectivity index (χ3n) is 3.49. The number of hydrogen-bond donors (Lipinski definition) is 0. The van der Waals surface area contributed by atoms with Gasteiger partial charge in [0.05, 0.1) is 18.8 Å². The highest BCUT2D eigenvalue weighted by atomic mass is 35.5. The molecule has 5 heteroatoms. The summed E-state index contributed by atoms with van der Waals surface area (Å²) in [6.07, 6.45) is 0.906. The lowest BCUT2D eigenvalue weighted by atomic mass is 10.1. The summed E-state index contributed by atoms with van der Waals surface area (Å²) < 4.78 is 11.0. The van der Waals surface area contributed by atoms with Gasteiger partial charge in [0.15, 0.2) is 0 Å². The molecule has 1 aromatic rings. The van der Waals surface area contributed by atoms with E-state index in [1.54, 1.807) is 11.0 Å². The predicted octanol–water partition coefficient (Wildman–Crippen LogP) is 2.14. The molecule has 1 fully saturated rings. The monoisotopic (exact) mass is 281 g/mol. The first-order chi connectivity index (χ1) is 9.15. The first-order valence-electron chi connectivity index (χ1n) is 6.51. The zero-order valence-electron chi connectivity index (χ0n) is 10.8. The second-order valence-electron chi connectivity index (χ2n) is 4.98. The Balaban J connectivity index is 1.94.